The van der Waals surface area contributed by atoms with Gasteiger partial charge in [-0.2, -0.15) is 5.10 Å². The molecule has 1 aliphatic rings. The maximum Gasteiger partial charge on any atom is 0.0753 e. The summed E-state index contributed by atoms with van der Waals surface area (Å²) in [5.74, 6) is 0. The Morgan fingerprint density at radius 1 is 1.35 bits per heavy atom. The molecule has 17 heavy (non-hydrogen) atoms. The average molecular weight is 236 g/mol. The van der Waals surface area contributed by atoms with Crippen molar-refractivity contribution in [2.75, 3.05) is 0 Å². The van der Waals surface area contributed by atoms with E-state index in [2.05, 4.69) is 25.0 Å². The van der Waals surface area contributed by atoms with Gasteiger partial charge >= 0.3 is 0 Å². The highest BCUT2D eigenvalue weighted by atomic mass is 16.3. The van der Waals surface area contributed by atoms with Gasteiger partial charge in [-0.05, 0) is 31.2 Å². The summed E-state index contributed by atoms with van der Waals surface area (Å²) in [6, 6.07) is 2.09. The Labute approximate surface area is 104 Å². The summed E-state index contributed by atoms with van der Waals surface area (Å²) in [6.45, 7) is 6.38. The van der Waals surface area contributed by atoms with Gasteiger partial charge in [-0.1, -0.05) is 26.7 Å². The molecule has 0 aromatic carbocycles. The first-order valence-electron chi connectivity index (χ1n) is 6.56. The lowest BCUT2D eigenvalue weighted by Crippen LogP contribution is -2.49. The summed E-state index contributed by atoms with van der Waals surface area (Å²) >= 11 is 0. The molecule has 1 saturated carbocycles. The van der Waals surface area contributed by atoms with Crippen molar-refractivity contribution in [1.29, 1.82) is 0 Å². The first-order chi connectivity index (χ1) is 7.84. The molecule has 0 radical (unpaired) electrons. The number of aromatic nitrogens is 2. The molecule has 3 nitrogen and oxygen atoms in total. The van der Waals surface area contributed by atoms with Crippen LogP contribution in [0.15, 0.2) is 6.07 Å². The van der Waals surface area contributed by atoms with Crippen LogP contribution in [-0.2, 0) is 13.5 Å². The number of hydrogen-bond donors (Lipinski definition) is 1. The lowest BCUT2D eigenvalue weighted by molar-refractivity contribution is -0.0968. The third-order valence-electron chi connectivity index (χ3n) is 4.47. The van der Waals surface area contributed by atoms with E-state index in [0.717, 1.165) is 37.1 Å². The normalized spacial score (nSPS) is 28.3. The molecule has 1 atom stereocenters. The molecule has 3 heteroatoms. The second-order valence-corrected chi connectivity index (χ2v) is 6.20. The minimum absolute atomic E-state index is 0.00340. The highest BCUT2D eigenvalue weighted by Crippen LogP contribution is 2.45. The molecular formula is C14H24N2O. The van der Waals surface area contributed by atoms with Crippen LogP contribution in [0.1, 0.15) is 50.9 Å². The molecule has 0 amide bonds. The Bertz CT molecular complexity index is 408. The molecule has 0 spiro atoms. The Hall–Kier alpha value is -0.830. The zero-order valence-corrected chi connectivity index (χ0v) is 11.5. The molecule has 1 heterocycles. The monoisotopic (exact) mass is 236 g/mol. The van der Waals surface area contributed by atoms with Gasteiger partial charge in [0.15, 0.2) is 0 Å². The molecule has 1 N–H and O–H groups in total. The van der Waals surface area contributed by atoms with Crippen molar-refractivity contribution in [1.82, 2.24) is 9.78 Å². The van der Waals surface area contributed by atoms with Gasteiger partial charge in [0.1, 0.15) is 0 Å². The van der Waals surface area contributed by atoms with E-state index < -0.39 is 5.60 Å². The minimum atomic E-state index is -0.578. The van der Waals surface area contributed by atoms with Crippen LogP contribution in [0.5, 0.6) is 0 Å². The standard InChI is InChI=1S/C14H24N2O/c1-11-9-12(16(4)15-11)10-14(17)8-6-5-7-13(14,2)3/h9,17H,5-8,10H2,1-4H3. The largest absolute Gasteiger partial charge is 0.389 e. The summed E-state index contributed by atoms with van der Waals surface area (Å²) in [7, 11) is 1.96. The van der Waals surface area contributed by atoms with E-state index in [4.69, 9.17) is 0 Å². The van der Waals surface area contributed by atoms with Crippen LogP contribution in [0.2, 0.25) is 0 Å². The number of hydrogen-bond acceptors (Lipinski definition) is 2. The fourth-order valence-corrected chi connectivity index (χ4v) is 3.01. The van der Waals surface area contributed by atoms with Gasteiger partial charge in [-0.15, -0.1) is 0 Å². The molecule has 1 unspecified atom stereocenters. The fraction of sp³-hybridized carbons (Fsp3) is 0.786. The van der Waals surface area contributed by atoms with E-state index >= 15 is 0 Å². The van der Waals surface area contributed by atoms with Crippen LogP contribution in [0, 0.1) is 12.3 Å². The predicted molar refractivity (Wildman–Crippen MR) is 68.8 cm³/mol. The van der Waals surface area contributed by atoms with E-state index in [0.29, 0.717) is 0 Å². The first kappa shape index (κ1) is 12.6. The first-order valence-corrected chi connectivity index (χ1v) is 6.56. The number of rotatable bonds is 2. The molecule has 1 aliphatic carbocycles. The van der Waals surface area contributed by atoms with E-state index in [1.54, 1.807) is 0 Å². The van der Waals surface area contributed by atoms with Gasteiger partial charge in [-0.3, -0.25) is 4.68 Å². The summed E-state index contributed by atoms with van der Waals surface area (Å²) < 4.78 is 1.90. The Kier molecular flexibility index (Phi) is 3.06. The lowest BCUT2D eigenvalue weighted by atomic mass is 9.63. The second-order valence-electron chi connectivity index (χ2n) is 6.20. The third kappa shape index (κ3) is 2.25. The molecule has 1 aromatic rings. The zero-order chi connectivity index (χ0) is 12.7. The van der Waals surface area contributed by atoms with E-state index in [1.807, 2.05) is 18.7 Å². The molecule has 0 aliphatic heterocycles. The van der Waals surface area contributed by atoms with Crippen molar-refractivity contribution >= 4 is 0 Å². The van der Waals surface area contributed by atoms with Gasteiger partial charge in [0.05, 0.1) is 11.3 Å². The number of aliphatic hydroxyl groups is 1. The Morgan fingerprint density at radius 2 is 2.00 bits per heavy atom. The van der Waals surface area contributed by atoms with Crippen molar-refractivity contribution in [3.8, 4) is 0 Å². The van der Waals surface area contributed by atoms with Gasteiger partial charge < -0.3 is 5.11 Å². The summed E-state index contributed by atoms with van der Waals surface area (Å²) in [5, 5.41) is 15.3. The van der Waals surface area contributed by atoms with Gasteiger partial charge in [-0.25, -0.2) is 0 Å². The van der Waals surface area contributed by atoms with Crippen LogP contribution < -0.4 is 0 Å². The smallest absolute Gasteiger partial charge is 0.0753 e. The average Bonchev–Trinajstić information content (AvgIpc) is 2.50. The topological polar surface area (TPSA) is 38.0 Å². The molecule has 0 bridgehead atoms. The van der Waals surface area contributed by atoms with Gasteiger partial charge in [0.25, 0.3) is 0 Å². The molecule has 1 fully saturated rings. The van der Waals surface area contributed by atoms with Crippen LogP contribution in [0.3, 0.4) is 0 Å². The molecular weight excluding hydrogens is 212 g/mol. The van der Waals surface area contributed by atoms with E-state index in [1.165, 1.54) is 6.42 Å². The lowest BCUT2D eigenvalue weighted by Gasteiger charge is -2.46. The maximum absolute atomic E-state index is 10.9. The minimum Gasteiger partial charge on any atom is -0.389 e. The SMILES string of the molecule is Cc1cc(CC2(O)CCCCC2(C)C)n(C)n1. The number of aryl methyl sites for hydroxylation is 2. The zero-order valence-electron chi connectivity index (χ0n) is 11.5. The van der Waals surface area contributed by atoms with E-state index in [9.17, 15) is 5.11 Å². The quantitative estimate of drug-likeness (QED) is 0.857. The highest BCUT2D eigenvalue weighted by molar-refractivity contribution is 5.14. The van der Waals surface area contributed by atoms with Crippen molar-refractivity contribution in [3.63, 3.8) is 0 Å². The van der Waals surface area contributed by atoms with Crippen LogP contribution >= 0.6 is 0 Å². The fourth-order valence-electron chi connectivity index (χ4n) is 3.01. The second kappa shape index (κ2) is 4.13. The van der Waals surface area contributed by atoms with Crippen molar-refractivity contribution in [2.45, 2.75) is 58.5 Å². The maximum atomic E-state index is 10.9. The van der Waals surface area contributed by atoms with Gasteiger partial charge in [0, 0.05) is 19.2 Å². The summed E-state index contributed by atoms with van der Waals surface area (Å²) in [6.07, 6.45) is 5.11. The van der Waals surface area contributed by atoms with Crippen molar-refractivity contribution in [2.24, 2.45) is 12.5 Å². The van der Waals surface area contributed by atoms with Crippen LogP contribution in [0.4, 0.5) is 0 Å². The van der Waals surface area contributed by atoms with Crippen molar-refractivity contribution in [3.05, 3.63) is 17.5 Å². The van der Waals surface area contributed by atoms with Crippen molar-refractivity contribution < 1.29 is 5.11 Å². The van der Waals surface area contributed by atoms with Crippen LogP contribution in [0.25, 0.3) is 0 Å². The number of nitrogens with zero attached hydrogens (tertiary/aromatic N) is 2. The molecule has 0 saturated heterocycles. The summed E-state index contributed by atoms with van der Waals surface area (Å²) in [5.41, 5.74) is 1.59. The molecule has 96 valence electrons. The molecule has 2 rings (SSSR count). The Balaban J connectivity index is 2.24. The summed E-state index contributed by atoms with van der Waals surface area (Å²) in [4.78, 5) is 0. The van der Waals surface area contributed by atoms with Crippen LogP contribution in [-0.4, -0.2) is 20.5 Å². The van der Waals surface area contributed by atoms with E-state index in [-0.39, 0.29) is 5.41 Å². The highest BCUT2D eigenvalue weighted by Gasteiger charge is 2.45. The third-order valence-corrected chi connectivity index (χ3v) is 4.47. The van der Waals surface area contributed by atoms with Gasteiger partial charge in [0.2, 0.25) is 0 Å². The predicted octanol–water partition coefficient (Wildman–Crippen LogP) is 2.60. The molecule has 1 aromatic heterocycles. The Morgan fingerprint density at radius 3 is 2.53 bits per heavy atom.